The number of nitrogens with one attached hydrogen (secondary N) is 1. The maximum absolute atomic E-state index is 11.2. The molecule has 6 nitrogen and oxygen atoms in total. The van der Waals surface area contributed by atoms with E-state index in [2.05, 4.69) is 5.32 Å². The van der Waals surface area contributed by atoms with E-state index in [1.807, 2.05) is 0 Å². The van der Waals surface area contributed by atoms with Crippen molar-refractivity contribution in [1.29, 1.82) is 0 Å². The Hall–Kier alpha value is -1.66. The van der Waals surface area contributed by atoms with Crippen LogP contribution in [0.2, 0.25) is 5.02 Å². The molecule has 1 atom stereocenters. The van der Waals surface area contributed by atoms with Crippen molar-refractivity contribution in [2.45, 2.75) is 13.0 Å². The number of anilines is 1. The molecule has 0 fully saturated rings. The lowest BCUT2D eigenvalue weighted by atomic mass is 10.2. The number of rotatable bonds is 3. The van der Waals surface area contributed by atoms with Crippen LogP contribution < -0.4 is 11.1 Å². The van der Waals surface area contributed by atoms with Crippen LogP contribution in [-0.4, -0.2) is 16.9 Å². The van der Waals surface area contributed by atoms with Crippen molar-refractivity contribution >= 4 is 28.9 Å². The van der Waals surface area contributed by atoms with Gasteiger partial charge in [-0.1, -0.05) is 11.6 Å². The van der Waals surface area contributed by atoms with Crippen LogP contribution in [0.4, 0.5) is 11.4 Å². The fourth-order valence-corrected chi connectivity index (χ4v) is 1.17. The minimum Gasteiger partial charge on any atom is -0.324 e. The lowest BCUT2D eigenvalue weighted by Crippen LogP contribution is -2.32. The molecular weight excluding hydrogens is 234 g/mol. The van der Waals surface area contributed by atoms with Crippen LogP contribution in [0.3, 0.4) is 0 Å². The lowest BCUT2D eigenvalue weighted by molar-refractivity contribution is -0.384. The molecule has 1 aromatic rings. The Morgan fingerprint density at radius 2 is 2.25 bits per heavy atom. The van der Waals surface area contributed by atoms with Gasteiger partial charge in [0.05, 0.1) is 11.0 Å². The Kier molecular flexibility index (Phi) is 3.81. The van der Waals surface area contributed by atoms with Crippen LogP contribution >= 0.6 is 11.6 Å². The first-order valence-corrected chi connectivity index (χ1v) is 4.80. The number of carbonyl (C=O) groups is 1. The van der Waals surface area contributed by atoms with Crippen molar-refractivity contribution in [3.05, 3.63) is 33.3 Å². The number of nitro groups is 1. The molecule has 0 heterocycles. The molecule has 7 heteroatoms. The van der Waals surface area contributed by atoms with Gasteiger partial charge < -0.3 is 11.1 Å². The number of nitrogens with two attached hydrogens (primary N) is 1. The molecule has 0 radical (unpaired) electrons. The smallest absolute Gasteiger partial charge is 0.289 e. The maximum Gasteiger partial charge on any atom is 0.289 e. The number of halogens is 1. The summed E-state index contributed by atoms with van der Waals surface area (Å²) in [6.07, 6.45) is 0. The molecule has 0 aromatic heterocycles. The van der Waals surface area contributed by atoms with Gasteiger partial charge >= 0.3 is 0 Å². The molecule has 0 saturated heterocycles. The summed E-state index contributed by atoms with van der Waals surface area (Å²) in [6.45, 7) is 1.51. The third kappa shape index (κ3) is 2.91. The van der Waals surface area contributed by atoms with E-state index in [1.54, 1.807) is 0 Å². The topological polar surface area (TPSA) is 98.3 Å². The van der Waals surface area contributed by atoms with Crippen molar-refractivity contribution in [2.24, 2.45) is 5.73 Å². The molecule has 1 aromatic carbocycles. The zero-order chi connectivity index (χ0) is 12.3. The first kappa shape index (κ1) is 12.4. The second kappa shape index (κ2) is 4.91. The number of nitro benzene ring substituents is 1. The Bertz CT molecular complexity index is 434. The monoisotopic (exact) mass is 243 g/mol. The molecule has 0 aliphatic carbocycles. The van der Waals surface area contributed by atoms with Gasteiger partial charge in [0.15, 0.2) is 0 Å². The number of hydrogen-bond donors (Lipinski definition) is 2. The number of carbonyl (C=O) groups excluding carboxylic acids is 1. The van der Waals surface area contributed by atoms with E-state index in [-0.39, 0.29) is 10.7 Å². The van der Waals surface area contributed by atoms with E-state index in [1.165, 1.54) is 25.1 Å². The van der Waals surface area contributed by atoms with Gasteiger partial charge in [-0.2, -0.15) is 0 Å². The standard InChI is InChI=1S/C9H10ClN3O3/c1-5(11)9(14)12-6-2-3-7(10)8(4-6)13(15)16/h2-5H,11H2,1H3,(H,12,14)/t5-/m1/s1. The normalized spacial score (nSPS) is 11.9. The minimum atomic E-state index is -0.685. The third-order valence-electron chi connectivity index (χ3n) is 1.82. The van der Waals surface area contributed by atoms with E-state index in [0.29, 0.717) is 5.69 Å². The van der Waals surface area contributed by atoms with Crippen LogP contribution in [-0.2, 0) is 4.79 Å². The summed E-state index contributed by atoms with van der Waals surface area (Å²) in [4.78, 5) is 21.2. The number of nitrogens with zero attached hydrogens (tertiary/aromatic N) is 1. The maximum atomic E-state index is 11.2. The highest BCUT2D eigenvalue weighted by Crippen LogP contribution is 2.27. The largest absolute Gasteiger partial charge is 0.324 e. The first-order chi connectivity index (χ1) is 7.41. The summed E-state index contributed by atoms with van der Waals surface area (Å²) in [5.74, 6) is -0.420. The number of benzene rings is 1. The summed E-state index contributed by atoms with van der Waals surface area (Å²) in [5, 5.41) is 13.0. The second-order valence-corrected chi connectivity index (χ2v) is 3.61. The fraction of sp³-hybridized carbons (Fsp3) is 0.222. The average molecular weight is 244 g/mol. The van der Waals surface area contributed by atoms with Crippen molar-refractivity contribution in [3.8, 4) is 0 Å². The van der Waals surface area contributed by atoms with E-state index in [9.17, 15) is 14.9 Å². The summed E-state index contributed by atoms with van der Waals surface area (Å²) in [7, 11) is 0. The molecule has 0 spiro atoms. The van der Waals surface area contributed by atoms with Gasteiger partial charge in [0.2, 0.25) is 5.91 Å². The van der Waals surface area contributed by atoms with Gasteiger partial charge in [0.1, 0.15) is 5.02 Å². The summed E-state index contributed by atoms with van der Waals surface area (Å²) >= 11 is 5.61. The number of amides is 1. The highest BCUT2D eigenvalue weighted by molar-refractivity contribution is 6.32. The predicted molar refractivity (Wildman–Crippen MR) is 60.4 cm³/mol. The third-order valence-corrected chi connectivity index (χ3v) is 2.14. The molecule has 0 aliphatic rings. The Morgan fingerprint density at radius 3 is 2.75 bits per heavy atom. The fourth-order valence-electron chi connectivity index (χ4n) is 0.986. The van der Waals surface area contributed by atoms with E-state index in [4.69, 9.17) is 17.3 Å². The number of hydrogen-bond acceptors (Lipinski definition) is 4. The lowest BCUT2D eigenvalue weighted by Gasteiger charge is -2.07. The van der Waals surface area contributed by atoms with Crippen molar-refractivity contribution < 1.29 is 9.72 Å². The van der Waals surface area contributed by atoms with E-state index < -0.39 is 16.9 Å². The minimum absolute atomic E-state index is 0.0174. The molecule has 1 rings (SSSR count). The zero-order valence-electron chi connectivity index (χ0n) is 8.44. The molecular formula is C9H10ClN3O3. The highest BCUT2D eigenvalue weighted by atomic mass is 35.5. The van der Waals surface area contributed by atoms with Gasteiger partial charge in [-0.05, 0) is 19.1 Å². The Labute approximate surface area is 96.5 Å². The van der Waals surface area contributed by atoms with Crippen molar-refractivity contribution in [2.75, 3.05) is 5.32 Å². The van der Waals surface area contributed by atoms with E-state index >= 15 is 0 Å². The van der Waals surface area contributed by atoms with Crippen LogP contribution in [0.5, 0.6) is 0 Å². The van der Waals surface area contributed by atoms with Gasteiger partial charge in [-0.3, -0.25) is 14.9 Å². The molecule has 1 amide bonds. The molecule has 3 N–H and O–H groups in total. The van der Waals surface area contributed by atoms with E-state index in [0.717, 1.165) is 0 Å². The highest BCUT2D eigenvalue weighted by Gasteiger charge is 2.14. The molecule has 0 unspecified atom stereocenters. The van der Waals surface area contributed by atoms with Gasteiger partial charge in [-0.25, -0.2) is 0 Å². The van der Waals surface area contributed by atoms with Crippen molar-refractivity contribution in [3.63, 3.8) is 0 Å². The molecule has 16 heavy (non-hydrogen) atoms. The summed E-state index contributed by atoms with van der Waals surface area (Å²) in [5.41, 5.74) is 5.37. The van der Waals surface area contributed by atoms with Gasteiger partial charge in [0.25, 0.3) is 5.69 Å². The Morgan fingerprint density at radius 1 is 1.62 bits per heavy atom. The van der Waals surface area contributed by atoms with Crippen LogP contribution in [0, 0.1) is 10.1 Å². The quantitative estimate of drug-likeness (QED) is 0.621. The molecule has 86 valence electrons. The van der Waals surface area contributed by atoms with Gasteiger partial charge in [0, 0.05) is 11.8 Å². The van der Waals surface area contributed by atoms with Gasteiger partial charge in [-0.15, -0.1) is 0 Å². The van der Waals surface area contributed by atoms with Crippen LogP contribution in [0.25, 0.3) is 0 Å². The first-order valence-electron chi connectivity index (χ1n) is 4.42. The molecule has 0 aliphatic heterocycles. The summed E-state index contributed by atoms with van der Waals surface area (Å²) < 4.78 is 0. The average Bonchev–Trinajstić information content (AvgIpc) is 2.20. The van der Waals surface area contributed by atoms with Crippen LogP contribution in [0.1, 0.15) is 6.92 Å². The SMILES string of the molecule is C[C@@H](N)C(=O)Nc1ccc(Cl)c([N+](=O)[O-])c1. The molecule has 0 saturated carbocycles. The van der Waals surface area contributed by atoms with Crippen LogP contribution in [0.15, 0.2) is 18.2 Å². The second-order valence-electron chi connectivity index (χ2n) is 3.20. The zero-order valence-corrected chi connectivity index (χ0v) is 9.19. The summed E-state index contributed by atoms with van der Waals surface area (Å²) in [6, 6.07) is 3.31. The Balaban J connectivity index is 2.95. The van der Waals surface area contributed by atoms with Crippen molar-refractivity contribution in [1.82, 2.24) is 0 Å². The molecule has 0 bridgehead atoms. The predicted octanol–water partition coefficient (Wildman–Crippen LogP) is 1.53.